The first-order valence-electron chi connectivity index (χ1n) is 7.28. The summed E-state index contributed by atoms with van der Waals surface area (Å²) in [5.74, 6) is 0.533. The lowest BCUT2D eigenvalue weighted by molar-refractivity contribution is -0.134. The monoisotopic (exact) mass is 339 g/mol. The molecule has 1 amide bonds. The highest BCUT2D eigenvalue weighted by Gasteiger charge is 2.29. The summed E-state index contributed by atoms with van der Waals surface area (Å²) in [6.07, 6.45) is 2.55. The van der Waals surface area contributed by atoms with E-state index in [0.717, 1.165) is 30.3 Å². The van der Waals surface area contributed by atoms with Gasteiger partial charge in [0.15, 0.2) is 0 Å². The molecule has 0 bridgehead atoms. The van der Waals surface area contributed by atoms with E-state index in [4.69, 9.17) is 0 Å². The molecule has 2 rings (SSSR count). The Morgan fingerprint density at radius 1 is 1.50 bits per heavy atom. The first-order chi connectivity index (χ1) is 9.65. The average Bonchev–Trinajstić information content (AvgIpc) is 2.94. The molecule has 20 heavy (non-hydrogen) atoms. The van der Waals surface area contributed by atoms with Crippen molar-refractivity contribution >= 4 is 21.8 Å². The van der Waals surface area contributed by atoms with Gasteiger partial charge in [0.05, 0.1) is 0 Å². The van der Waals surface area contributed by atoms with E-state index in [1.165, 1.54) is 5.56 Å². The van der Waals surface area contributed by atoms with Crippen LogP contribution in [0.25, 0.3) is 0 Å². The third kappa shape index (κ3) is 3.61. The topological polar surface area (TPSA) is 40.5 Å². The number of nitrogens with zero attached hydrogens (tertiary/aromatic N) is 1. The minimum absolute atomic E-state index is 0.0335. The standard InChI is InChI=1S/C16H22BrNO2/c1-2-13(9-14-5-3-4-6-15(14)17)16(20)18-8-7-12(10-18)11-19/h3-6,12-13,19H,2,7-11H2,1H3. The Balaban J connectivity index is 2.01. The van der Waals surface area contributed by atoms with Gasteiger partial charge in [-0.1, -0.05) is 41.1 Å². The molecular formula is C16H22BrNO2. The van der Waals surface area contributed by atoms with Gasteiger partial charge in [0.1, 0.15) is 0 Å². The molecule has 2 unspecified atom stereocenters. The van der Waals surface area contributed by atoms with Gasteiger partial charge < -0.3 is 10.0 Å². The maximum atomic E-state index is 12.6. The minimum Gasteiger partial charge on any atom is -0.396 e. The Bertz CT molecular complexity index is 464. The third-order valence-electron chi connectivity index (χ3n) is 4.12. The summed E-state index contributed by atoms with van der Waals surface area (Å²) in [4.78, 5) is 14.5. The molecule has 3 nitrogen and oxygen atoms in total. The molecule has 1 saturated heterocycles. The summed E-state index contributed by atoms with van der Waals surface area (Å²) in [7, 11) is 0. The Morgan fingerprint density at radius 2 is 2.25 bits per heavy atom. The van der Waals surface area contributed by atoms with Crippen molar-refractivity contribution in [2.75, 3.05) is 19.7 Å². The predicted octanol–water partition coefficient (Wildman–Crippen LogP) is 2.86. The van der Waals surface area contributed by atoms with E-state index >= 15 is 0 Å². The summed E-state index contributed by atoms with van der Waals surface area (Å²) in [5.41, 5.74) is 1.19. The lowest BCUT2D eigenvalue weighted by Gasteiger charge is -2.23. The average molecular weight is 340 g/mol. The Kier molecular flexibility index (Phi) is 5.61. The highest BCUT2D eigenvalue weighted by Crippen LogP contribution is 2.24. The second-order valence-corrected chi connectivity index (χ2v) is 6.38. The first kappa shape index (κ1) is 15.5. The van der Waals surface area contributed by atoms with Crippen LogP contribution >= 0.6 is 15.9 Å². The van der Waals surface area contributed by atoms with Crippen molar-refractivity contribution in [3.63, 3.8) is 0 Å². The molecule has 1 N–H and O–H groups in total. The zero-order valence-corrected chi connectivity index (χ0v) is 13.5. The second-order valence-electron chi connectivity index (χ2n) is 5.52. The van der Waals surface area contributed by atoms with Crippen LogP contribution in [0, 0.1) is 11.8 Å². The van der Waals surface area contributed by atoms with Gasteiger partial charge in [0, 0.05) is 36.0 Å². The van der Waals surface area contributed by atoms with E-state index < -0.39 is 0 Å². The third-order valence-corrected chi connectivity index (χ3v) is 4.90. The largest absolute Gasteiger partial charge is 0.396 e. The van der Waals surface area contributed by atoms with E-state index in [0.29, 0.717) is 6.54 Å². The van der Waals surface area contributed by atoms with Gasteiger partial charge in [0.2, 0.25) is 5.91 Å². The molecular weight excluding hydrogens is 318 g/mol. The van der Waals surface area contributed by atoms with Crippen molar-refractivity contribution in [3.05, 3.63) is 34.3 Å². The number of hydrogen-bond acceptors (Lipinski definition) is 2. The number of halogens is 1. The number of aliphatic hydroxyl groups excluding tert-OH is 1. The molecule has 0 aromatic heterocycles. The van der Waals surface area contributed by atoms with Crippen molar-refractivity contribution in [2.45, 2.75) is 26.2 Å². The Labute approximate surface area is 129 Å². The molecule has 4 heteroatoms. The van der Waals surface area contributed by atoms with E-state index in [2.05, 4.69) is 28.9 Å². The summed E-state index contributed by atoms with van der Waals surface area (Å²) < 4.78 is 1.07. The van der Waals surface area contributed by atoms with Crippen LogP contribution in [0.3, 0.4) is 0 Å². The van der Waals surface area contributed by atoms with Crippen LogP contribution in [0.5, 0.6) is 0 Å². The fourth-order valence-electron chi connectivity index (χ4n) is 2.78. The Morgan fingerprint density at radius 3 is 2.85 bits per heavy atom. The van der Waals surface area contributed by atoms with E-state index in [1.807, 2.05) is 23.1 Å². The Hall–Kier alpha value is -0.870. The molecule has 0 radical (unpaired) electrons. The van der Waals surface area contributed by atoms with Gasteiger partial charge in [0.25, 0.3) is 0 Å². The van der Waals surface area contributed by atoms with Crippen molar-refractivity contribution < 1.29 is 9.90 Å². The molecule has 1 heterocycles. The highest BCUT2D eigenvalue weighted by molar-refractivity contribution is 9.10. The molecule has 1 aliphatic heterocycles. The minimum atomic E-state index is 0.0335. The van der Waals surface area contributed by atoms with Gasteiger partial charge in [-0.2, -0.15) is 0 Å². The lowest BCUT2D eigenvalue weighted by atomic mass is 9.95. The molecule has 1 aliphatic rings. The van der Waals surface area contributed by atoms with Crippen molar-refractivity contribution in [1.82, 2.24) is 4.90 Å². The summed E-state index contributed by atoms with van der Waals surface area (Å²) in [6, 6.07) is 8.09. The van der Waals surface area contributed by atoms with Crippen LogP contribution in [0.4, 0.5) is 0 Å². The quantitative estimate of drug-likeness (QED) is 0.895. The van der Waals surface area contributed by atoms with E-state index in [9.17, 15) is 9.90 Å². The van der Waals surface area contributed by atoms with Gasteiger partial charge in [-0.15, -0.1) is 0 Å². The number of carbonyl (C=O) groups excluding carboxylic acids is 1. The van der Waals surface area contributed by atoms with Gasteiger partial charge >= 0.3 is 0 Å². The number of benzene rings is 1. The molecule has 1 aromatic carbocycles. The second kappa shape index (κ2) is 7.23. The zero-order chi connectivity index (χ0) is 14.5. The number of rotatable bonds is 5. The number of aliphatic hydroxyl groups is 1. The van der Waals surface area contributed by atoms with Gasteiger partial charge in [-0.3, -0.25) is 4.79 Å². The molecule has 0 aliphatic carbocycles. The van der Waals surface area contributed by atoms with Gasteiger partial charge in [-0.05, 0) is 30.9 Å². The molecule has 2 atom stereocenters. The molecule has 1 fully saturated rings. The van der Waals surface area contributed by atoms with Crippen LogP contribution < -0.4 is 0 Å². The molecule has 0 saturated carbocycles. The van der Waals surface area contributed by atoms with Gasteiger partial charge in [-0.25, -0.2) is 0 Å². The van der Waals surface area contributed by atoms with Crippen molar-refractivity contribution in [1.29, 1.82) is 0 Å². The summed E-state index contributed by atoms with van der Waals surface area (Å²) in [5, 5.41) is 9.19. The number of carbonyl (C=O) groups is 1. The fourth-order valence-corrected chi connectivity index (χ4v) is 3.22. The van der Waals surface area contributed by atoms with E-state index in [1.54, 1.807) is 0 Å². The lowest BCUT2D eigenvalue weighted by Crippen LogP contribution is -2.35. The predicted molar refractivity (Wildman–Crippen MR) is 83.4 cm³/mol. The van der Waals surface area contributed by atoms with Crippen LogP contribution in [0.15, 0.2) is 28.7 Å². The zero-order valence-electron chi connectivity index (χ0n) is 11.9. The molecule has 110 valence electrons. The smallest absolute Gasteiger partial charge is 0.226 e. The summed E-state index contributed by atoms with van der Waals surface area (Å²) in [6.45, 7) is 3.75. The fraction of sp³-hybridized carbons (Fsp3) is 0.562. The van der Waals surface area contributed by atoms with Crippen LogP contribution in [0.2, 0.25) is 0 Å². The van der Waals surface area contributed by atoms with Crippen molar-refractivity contribution in [2.24, 2.45) is 11.8 Å². The van der Waals surface area contributed by atoms with Crippen LogP contribution in [-0.2, 0) is 11.2 Å². The summed E-state index contributed by atoms with van der Waals surface area (Å²) >= 11 is 3.55. The van der Waals surface area contributed by atoms with E-state index in [-0.39, 0.29) is 24.3 Å². The van der Waals surface area contributed by atoms with Crippen LogP contribution in [0.1, 0.15) is 25.3 Å². The first-order valence-corrected chi connectivity index (χ1v) is 8.08. The normalized spacial score (nSPS) is 20.1. The molecule has 1 aromatic rings. The molecule has 0 spiro atoms. The highest BCUT2D eigenvalue weighted by atomic mass is 79.9. The maximum absolute atomic E-state index is 12.6. The number of likely N-dealkylation sites (tertiary alicyclic amines) is 1. The van der Waals surface area contributed by atoms with Crippen molar-refractivity contribution in [3.8, 4) is 0 Å². The SMILES string of the molecule is CCC(Cc1ccccc1Br)C(=O)N1CCC(CO)C1. The maximum Gasteiger partial charge on any atom is 0.226 e. The number of hydrogen-bond donors (Lipinski definition) is 1. The number of amides is 1. The van der Waals surface area contributed by atoms with Crippen LogP contribution in [-0.4, -0.2) is 35.6 Å².